The Morgan fingerprint density at radius 1 is 1.22 bits per heavy atom. The van der Waals surface area contributed by atoms with Gasteiger partial charge < -0.3 is 14.2 Å². The fourth-order valence-electron chi connectivity index (χ4n) is 2.50. The van der Waals surface area contributed by atoms with Crippen LogP contribution in [0.4, 0.5) is 0 Å². The Morgan fingerprint density at radius 3 is 2.17 bits per heavy atom. The molecule has 0 radical (unpaired) electrons. The molecule has 5 nitrogen and oxygen atoms in total. The quantitative estimate of drug-likeness (QED) is 0.427. The van der Waals surface area contributed by atoms with Crippen LogP contribution in [0.25, 0.3) is 0 Å². The summed E-state index contributed by atoms with van der Waals surface area (Å²) in [5, 5.41) is 0. The molecule has 1 saturated carbocycles. The van der Waals surface area contributed by atoms with Crippen molar-refractivity contribution in [3.05, 3.63) is 18.4 Å². The number of rotatable bonds is 4. The normalized spacial score (nSPS) is 25.1. The van der Waals surface area contributed by atoms with Crippen molar-refractivity contribution in [1.29, 1.82) is 0 Å². The largest absolute Gasteiger partial charge is 0.468 e. The first-order valence-electron chi connectivity index (χ1n) is 5.61. The molecule has 0 unspecified atom stereocenters. The van der Waals surface area contributed by atoms with Gasteiger partial charge in [0.25, 0.3) is 0 Å². The molecule has 2 atom stereocenters. The van der Waals surface area contributed by atoms with E-state index in [4.69, 9.17) is 14.2 Å². The van der Waals surface area contributed by atoms with Crippen LogP contribution >= 0.6 is 0 Å². The Hall–Kier alpha value is -1.58. The number of hydrogen-bond acceptors (Lipinski definition) is 5. The van der Waals surface area contributed by atoms with Crippen LogP contribution < -0.4 is 0 Å². The lowest BCUT2D eigenvalue weighted by molar-refractivity contribution is -0.169. The minimum Gasteiger partial charge on any atom is -0.468 e. The number of carbonyl (C=O) groups is 2. The lowest BCUT2D eigenvalue weighted by Gasteiger charge is -2.22. The number of hydrogen-bond donors (Lipinski definition) is 0. The predicted molar refractivity (Wildman–Crippen MR) is 63.7 cm³/mol. The van der Waals surface area contributed by atoms with Gasteiger partial charge in [-0.1, -0.05) is 6.58 Å². The molecule has 18 heavy (non-hydrogen) atoms. The summed E-state index contributed by atoms with van der Waals surface area (Å²) in [6.07, 6.45) is 1.98. The Morgan fingerprint density at radius 2 is 1.78 bits per heavy atom. The summed E-state index contributed by atoms with van der Waals surface area (Å²) < 4.78 is 14.8. The van der Waals surface area contributed by atoms with Gasteiger partial charge in [-0.3, -0.25) is 9.59 Å². The summed E-state index contributed by atoms with van der Waals surface area (Å²) >= 11 is 0. The van der Waals surface area contributed by atoms with E-state index in [1.165, 1.54) is 14.2 Å². The van der Waals surface area contributed by atoms with Gasteiger partial charge in [0, 0.05) is 19.4 Å². The molecule has 5 heteroatoms. The fraction of sp³-hybridized carbons (Fsp3) is 0.615. The highest BCUT2D eigenvalue weighted by molar-refractivity contribution is 6.00. The van der Waals surface area contributed by atoms with Crippen molar-refractivity contribution < 1.29 is 23.8 Å². The Balaban J connectivity index is 3.11. The van der Waals surface area contributed by atoms with Gasteiger partial charge in [-0.15, -0.1) is 5.73 Å². The zero-order valence-corrected chi connectivity index (χ0v) is 10.9. The second-order valence-electron chi connectivity index (χ2n) is 4.28. The van der Waals surface area contributed by atoms with Crippen molar-refractivity contribution in [2.24, 2.45) is 11.3 Å². The van der Waals surface area contributed by atoms with E-state index in [0.717, 1.165) is 0 Å². The van der Waals surface area contributed by atoms with E-state index in [1.54, 1.807) is 13.2 Å². The molecular weight excluding hydrogens is 236 g/mol. The molecule has 0 N–H and O–H groups in total. The number of carbonyl (C=O) groups excluding carboxylic acids is 2. The van der Waals surface area contributed by atoms with Crippen LogP contribution in [0.3, 0.4) is 0 Å². The number of ether oxygens (including phenoxy) is 3. The predicted octanol–water partition coefficient (Wildman–Crippen LogP) is 1.08. The molecule has 0 aromatic rings. The lowest BCUT2D eigenvalue weighted by atomic mass is 9.85. The van der Waals surface area contributed by atoms with E-state index in [0.29, 0.717) is 0 Å². The molecule has 0 saturated heterocycles. The molecule has 0 heterocycles. The van der Waals surface area contributed by atoms with E-state index >= 15 is 0 Å². The average molecular weight is 254 g/mol. The number of methoxy groups -OCH3 is 3. The summed E-state index contributed by atoms with van der Waals surface area (Å²) in [6.45, 7) is 3.50. The molecule has 1 rings (SSSR count). The third kappa shape index (κ3) is 2.33. The van der Waals surface area contributed by atoms with E-state index in [1.807, 2.05) is 0 Å². The third-order valence-electron chi connectivity index (χ3n) is 3.40. The molecule has 1 aliphatic rings. The van der Waals surface area contributed by atoms with Crippen molar-refractivity contribution in [3.63, 3.8) is 0 Å². The van der Waals surface area contributed by atoms with Gasteiger partial charge in [0.15, 0.2) is 5.41 Å². The van der Waals surface area contributed by atoms with Crippen LogP contribution in [0.1, 0.15) is 12.8 Å². The summed E-state index contributed by atoms with van der Waals surface area (Å²) in [7, 11) is 4.05. The van der Waals surface area contributed by atoms with Crippen LogP contribution in [0.5, 0.6) is 0 Å². The van der Waals surface area contributed by atoms with Crippen molar-refractivity contribution in [3.8, 4) is 0 Å². The SMILES string of the molecule is C=C=C[C@H]1CC(C(=O)OC)(C(=O)OC)C[C@H]1OC. The highest BCUT2D eigenvalue weighted by atomic mass is 16.5. The van der Waals surface area contributed by atoms with Gasteiger partial charge in [-0.05, 0) is 12.5 Å². The highest BCUT2D eigenvalue weighted by Crippen LogP contribution is 2.45. The lowest BCUT2D eigenvalue weighted by Crippen LogP contribution is -2.39. The first-order chi connectivity index (χ1) is 8.55. The zero-order valence-electron chi connectivity index (χ0n) is 10.9. The van der Waals surface area contributed by atoms with Crippen molar-refractivity contribution >= 4 is 11.9 Å². The van der Waals surface area contributed by atoms with Gasteiger partial charge in [0.05, 0.1) is 20.3 Å². The van der Waals surface area contributed by atoms with Crippen LogP contribution in [0, 0.1) is 11.3 Å². The van der Waals surface area contributed by atoms with Gasteiger partial charge in [0.2, 0.25) is 0 Å². The summed E-state index contributed by atoms with van der Waals surface area (Å²) in [5.74, 6) is -1.28. The van der Waals surface area contributed by atoms with Gasteiger partial charge >= 0.3 is 11.9 Å². The fourth-order valence-corrected chi connectivity index (χ4v) is 2.50. The monoisotopic (exact) mass is 254 g/mol. The van der Waals surface area contributed by atoms with E-state index in [2.05, 4.69) is 12.3 Å². The minimum atomic E-state index is -1.29. The minimum absolute atomic E-state index is 0.106. The average Bonchev–Trinajstić information content (AvgIpc) is 2.77. The summed E-state index contributed by atoms with van der Waals surface area (Å²) in [4.78, 5) is 23.8. The van der Waals surface area contributed by atoms with E-state index in [9.17, 15) is 9.59 Å². The molecule has 100 valence electrons. The number of esters is 2. The maximum absolute atomic E-state index is 11.9. The molecule has 0 spiro atoms. The summed E-state index contributed by atoms with van der Waals surface area (Å²) in [5.41, 5.74) is 1.38. The third-order valence-corrected chi connectivity index (χ3v) is 3.40. The summed E-state index contributed by atoms with van der Waals surface area (Å²) in [6, 6.07) is 0. The van der Waals surface area contributed by atoms with Crippen molar-refractivity contribution in [1.82, 2.24) is 0 Å². The van der Waals surface area contributed by atoms with Crippen LogP contribution in [0.15, 0.2) is 18.4 Å². The maximum Gasteiger partial charge on any atom is 0.323 e. The molecule has 0 aromatic heterocycles. The zero-order chi connectivity index (χ0) is 13.8. The van der Waals surface area contributed by atoms with E-state index < -0.39 is 17.4 Å². The maximum atomic E-state index is 11.9. The van der Waals surface area contributed by atoms with Gasteiger partial charge in [0.1, 0.15) is 0 Å². The Labute approximate surface area is 106 Å². The van der Waals surface area contributed by atoms with Gasteiger partial charge in [-0.2, -0.15) is 0 Å². The van der Waals surface area contributed by atoms with Crippen LogP contribution in [-0.2, 0) is 23.8 Å². The van der Waals surface area contributed by atoms with Gasteiger partial charge in [-0.25, -0.2) is 0 Å². The van der Waals surface area contributed by atoms with Crippen LogP contribution in [0.2, 0.25) is 0 Å². The Kier molecular flexibility index (Phi) is 4.70. The molecular formula is C13H18O5. The standard InChI is InChI=1S/C13H18O5/c1-5-6-9-7-13(11(14)17-3,12(15)18-4)8-10(9)16-2/h6,9-10H,1,7-8H2,2-4H3/t9-,10+/m0/s1. The molecule has 1 fully saturated rings. The molecule has 0 amide bonds. The smallest absolute Gasteiger partial charge is 0.323 e. The molecule has 1 aliphatic carbocycles. The molecule has 0 aliphatic heterocycles. The van der Waals surface area contributed by atoms with Crippen molar-refractivity contribution in [2.75, 3.05) is 21.3 Å². The second kappa shape index (κ2) is 5.85. The van der Waals surface area contributed by atoms with E-state index in [-0.39, 0.29) is 24.9 Å². The first kappa shape index (κ1) is 14.5. The molecule has 0 aromatic carbocycles. The Bertz CT molecular complexity index is 365. The highest BCUT2D eigenvalue weighted by Gasteiger charge is 2.57. The van der Waals surface area contributed by atoms with Crippen LogP contribution in [-0.4, -0.2) is 39.4 Å². The molecule has 0 bridgehead atoms. The second-order valence-corrected chi connectivity index (χ2v) is 4.28. The topological polar surface area (TPSA) is 61.8 Å². The first-order valence-corrected chi connectivity index (χ1v) is 5.61. The van der Waals surface area contributed by atoms with Crippen molar-refractivity contribution in [2.45, 2.75) is 18.9 Å².